The quantitative estimate of drug-likeness (QED) is 0.324. The van der Waals surface area contributed by atoms with Crippen molar-refractivity contribution in [1.29, 1.82) is 0 Å². The van der Waals surface area contributed by atoms with Gasteiger partial charge < -0.3 is 7.59 Å². The van der Waals surface area contributed by atoms with Crippen molar-refractivity contribution in [2.24, 2.45) is 0 Å². The molecule has 0 N–H and O–H groups in total. The van der Waals surface area contributed by atoms with E-state index in [9.17, 15) is 0 Å². The summed E-state index contributed by atoms with van der Waals surface area (Å²) in [7, 11) is 0. The zero-order chi connectivity index (χ0) is 6.95. The average Bonchev–Trinajstić information content (AvgIpc) is 1.89. The molecule has 58 valence electrons. The molecule has 0 saturated heterocycles. The van der Waals surface area contributed by atoms with Crippen molar-refractivity contribution < 1.29 is 7.59 Å². The van der Waals surface area contributed by atoms with Crippen LogP contribution in [-0.4, -0.2) is 36.3 Å². The zero-order valence-corrected chi connectivity index (χ0v) is 8.35. The second-order valence-corrected chi connectivity index (χ2v) is 2.07. The molecule has 0 aromatic heterocycles. The molecule has 2 heteroatoms. The summed E-state index contributed by atoms with van der Waals surface area (Å²) in [5.74, 6) is 0. The van der Waals surface area contributed by atoms with Crippen LogP contribution in [0.1, 0.15) is 29.0 Å². The van der Waals surface area contributed by atoms with Gasteiger partial charge in [-0.1, -0.05) is 25.8 Å². The Morgan fingerprint density at radius 1 is 1.50 bits per heavy atom. The first-order valence-electron chi connectivity index (χ1n) is 3.60. The third kappa shape index (κ3) is 11.3. The minimum absolute atomic E-state index is 0. The van der Waals surface area contributed by atoms with E-state index in [4.69, 9.17) is 4.74 Å². The Kier molecular flexibility index (Phi) is 15.9. The van der Waals surface area contributed by atoms with E-state index in [1.165, 1.54) is 19.3 Å². The summed E-state index contributed by atoms with van der Waals surface area (Å²) in [6, 6.07) is 0. The van der Waals surface area contributed by atoms with Gasteiger partial charge in [-0.15, -0.1) is 6.58 Å². The van der Waals surface area contributed by atoms with E-state index in [1.807, 2.05) is 0 Å². The van der Waals surface area contributed by atoms with Crippen LogP contribution in [0.2, 0.25) is 0 Å². The molecule has 0 fully saturated rings. The Balaban J connectivity index is -0.000000107. The molecule has 0 aliphatic carbocycles. The summed E-state index contributed by atoms with van der Waals surface area (Å²) < 4.78 is 5.17. The third-order valence-electron chi connectivity index (χ3n) is 1.13. The van der Waals surface area contributed by atoms with Gasteiger partial charge in [0.2, 0.25) is 0 Å². The van der Waals surface area contributed by atoms with E-state index in [-0.39, 0.29) is 25.9 Å². The van der Waals surface area contributed by atoms with E-state index < -0.39 is 0 Å². The summed E-state index contributed by atoms with van der Waals surface area (Å²) in [5, 5.41) is 0. The maximum Gasteiger partial charge on any atom is 2.00 e. The molecule has 0 bridgehead atoms. The summed E-state index contributed by atoms with van der Waals surface area (Å²) in [4.78, 5) is 0. The van der Waals surface area contributed by atoms with Crippen LogP contribution in [0.25, 0.3) is 0 Å². The molecule has 0 radical (unpaired) electrons. The van der Waals surface area contributed by atoms with Gasteiger partial charge in [0.1, 0.15) is 0 Å². The molecule has 0 aromatic rings. The first-order chi connectivity index (χ1) is 4.41. The molecule has 0 rings (SSSR count). The zero-order valence-electron chi connectivity index (χ0n) is 8.94. The first-order valence-corrected chi connectivity index (χ1v) is 3.60. The van der Waals surface area contributed by atoms with Gasteiger partial charge in [-0.25, -0.2) is 0 Å². The van der Waals surface area contributed by atoms with Crippen molar-refractivity contribution in [3.63, 3.8) is 0 Å². The van der Waals surface area contributed by atoms with Gasteiger partial charge in [-0.05, 0) is 6.42 Å². The molecule has 0 heterocycles. The largest absolute Gasteiger partial charge is 2.00 e. The molecular formula is C8H18MgO. The number of hydrogen-bond donors (Lipinski definition) is 0. The van der Waals surface area contributed by atoms with Crippen molar-refractivity contribution >= 4 is 23.1 Å². The smallest absolute Gasteiger partial charge is 1.00 e. The Labute approximate surface area is 83.0 Å². The van der Waals surface area contributed by atoms with E-state index in [2.05, 4.69) is 13.5 Å². The Hall–Kier alpha value is 0.466. The van der Waals surface area contributed by atoms with Crippen LogP contribution in [0.4, 0.5) is 0 Å². The summed E-state index contributed by atoms with van der Waals surface area (Å²) in [5.41, 5.74) is 0. The SMILES string of the molecule is C=CCOCCCCC.[H-].[H-].[Mg+2]. The van der Waals surface area contributed by atoms with Crippen molar-refractivity contribution in [3.8, 4) is 0 Å². The molecule has 0 amide bonds. The molecule has 0 spiro atoms. The molecule has 0 aliphatic heterocycles. The topological polar surface area (TPSA) is 9.23 Å². The number of ether oxygens (including phenoxy) is 1. The minimum Gasteiger partial charge on any atom is -1.00 e. The Bertz CT molecular complexity index is 72.1. The van der Waals surface area contributed by atoms with E-state index in [0.29, 0.717) is 6.61 Å². The van der Waals surface area contributed by atoms with Crippen molar-refractivity contribution in [1.82, 2.24) is 0 Å². The summed E-state index contributed by atoms with van der Waals surface area (Å²) in [6.45, 7) is 7.33. The average molecular weight is 155 g/mol. The molecule has 0 aromatic carbocycles. The van der Waals surface area contributed by atoms with Gasteiger partial charge in [0.25, 0.3) is 0 Å². The fourth-order valence-corrected chi connectivity index (χ4v) is 0.621. The van der Waals surface area contributed by atoms with Crippen LogP contribution < -0.4 is 0 Å². The number of hydrogen-bond acceptors (Lipinski definition) is 1. The first kappa shape index (κ1) is 13.1. The fraction of sp³-hybridized carbons (Fsp3) is 0.750. The number of unbranched alkanes of at least 4 members (excludes halogenated alkanes) is 2. The van der Waals surface area contributed by atoms with Crippen LogP contribution in [-0.2, 0) is 4.74 Å². The fourth-order valence-electron chi connectivity index (χ4n) is 0.621. The number of rotatable bonds is 6. The normalized spacial score (nSPS) is 8.50. The Morgan fingerprint density at radius 2 is 2.20 bits per heavy atom. The molecule has 1 nitrogen and oxygen atoms in total. The van der Waals surface area contributed by atoms with Gasteiger partial charge in [0.15, 0.2) is 0 Å². The van der Waals surface area contributed by atoms with Crippen LogP contribution in [0, 0.1) is 0 Å². The van der Waals surface area contributed by atoms with Crippen LogP contribution >= 0.6 is 0 Å². The second-order valence-electron chi connectivity index (χ2n) is 2.07. The molecular weight excluding hydrogens is 136 g/mol. The van der Waals surface area contributed by atoms with E-state index >= 15 is 0 Å². The van der Waals surface area contributed by atoms with Gasteiger partial charge >= 0.3 is 23.1 Å². The second kappa shape index (κ2) is 12.2. The van der Waals surface area contributed by atoms with Crippen molar-refractivity contribution in [2.45, 2.75) is 26.2 Å². The predicted octanol–water partition coefficient (Wildman–Crippen LogP) is 2.22. The predicted molar refractivity (Wildman–Crippen MR) is 48.5 cm³/mol. The van der Waals surface area contributed by atoms with E-state index in [1.54, 1.807) is 6.08 Å². The molecule has 10 heavy (non-hydrogen) atoms. The van der Waals surface area contributed by atoms with Crippen molar-refractivity contribution in [2.75, 3.05) is 13.2 Å². The van der Waals surface area contributed by atoms with Crippen molar-refractivity contribution in [3.05, 3.63) is 12.7 Å². The molecule has 0 unspecified atom stereocenters. The maximum atomic E-state index is 5.17. The molecule has 0 aliphatic rings. The van der Waals surface area contributed by atoms with Crippen LogP contribution in [0.15, 0.2) is 12.7 Å². The standard InChI is InChI=1S/C8H16O.Mg.2H/c1-3-5-6-8-9-7-4-2;;;/h4H,2-3,5-8H2,1H3;;;/q;+2;2*-1. The van der Waals surface area contributed by atoms with Crippen LogP contribution in [0.3, 0.4) is 0 Å². The van der Waals surface area contributed by atoms with Gasteiger partial charge in [0.05, 0.1) is 6.61 Å². The van der Waals surface area contributed by atoms with Gasteiger partial charge in [-0.2, -0.15) is 0 Å². The van der Waals surface area contributed by atoms with Crippen LogP contribution in [0.5, 0.6) is 0 Å². The third-order valence-corrected chi connectivity index (χ3v) is 1.13. The minimum atomic E-state index is 0. The van der Waals surface area contributed by atoms with E-state index in [0.717, 1.165) is 6.61 Å². The maximum absolute atomic E-state index is 5.17. The summed E-state index contributed by atoms with van der Waals surface area (Å²) >= 11 is 0. The van der Waals surface area contributed by atoms with Gasteiger partial charge in [0, 0.05) is 6.61 Å². The van der Waals surface area contributed by atoms with Gasteiger partial charge in [-0.3, -0.25) is 0 Å². The Morgan fingerprint density at radius 3 is 2.70 bits per heavy atom. The molecule has 0 atom stereocenters. The monoisotopic (exact) mass is 154 g/mol. The molecule has 0 saturated carbocycles. The summed E-state index contributed by atoms with van der Waals surface area (Å²) in [6.07, 6.45) is 5.50.